The molecule has 0 radical (unpaired) electrons. The Bertz CT molecular complexity index is 684. The van der Waals surface area contributed by atoms with Crippen LogP contribution >= 0.6 is 12.4 Å². The first-order valence-corrected chi connectivity index (χ1v) is 8.33. The summed E-state index contributed by atoms with van der Waals surface area (Å²) in [5.41, 5.74) is 6.55. The number of carbonyl (C=O) groups is 2. The van der Waals surface area contributed by atoms with Gasteiger partial charge in [-0.05, 0) is 42.9 Å². The van der Waals surface area contributed by atoms with Crippen LogP contribution in [-0.2, 0) is 4.79 Å². The second kappa shape index (κ2) is 7.09. The number of nitrogens with two attached hydrogens (primary N) is 1. The lowest BCUT2D eigenvalue weighted by molar-refractivity contribution is -0.129. The van der Waals surface area contributed by atoms with Crippen LogP contribution < -0.4 is 20.5 Å². The highest BCUT2D eigenvalue weighted by Gasteiger charge is 2.42. The van der Waals surface area contributed by atoms with E-state index in [0.717, 1.165) is 19.4 Å². The van der Waals surface area contributed by atoms with E-state index in [1.807, 2.05) is 4.90 Å². The second-order valence-corrected chi connectivity index (χ2v) is 6.71. The van der Waals surface area contributed by atoms with Crippen molar-refractivity contribution in [1.82, 2.24) is 10.2 Å². The Kier molecular flexibility index (Phi) is 5.06. The molecule has 2 heterocycles. The number of ether oxygens (including phenoxy) is 2. The molecule has 3 aliphatic rings. The van der Waals surface area contributed by atoms with Gasteiger partial charge in [-0.25, -0.2) is 0 Å². The molecule has 3 unspecified atom stereocenters. The van der Waals surface area contributed by atoms with E-state index >= 15 is 0 Å². The van der Waals surface area contributed by atoms with Crippen molar-refractivity contribution in [3.8, 4) is 11.5 Å². The summed E-state index contributed by atoms with van der Waals surface area (Å²) in [7, 11) is 0. The average Bonchev–Trinajstić information content (AvgIpc) is 3.28. The van der Waals surface area contributed by atoms with Crippen molar-refractivity contribution >= 4 is 24.2 Å². The zero-order valence-electron chi connectivity index (χ0n) is 13.8. The van der Waals surface area contributed by atoms with Gasteiger partial charge < -0.3 is 25.4 Å². The summed E-state index contributed by atoms with van der Waals surface area (Å²) in [5, 5.41) is 2.69. The summed E-state index contributed by atoms with van der Waals surface area (Å²) in [5.74, 6) is 1.77. The third-order valence-corrected chi connectivity index (χ3v) is 5.30. The smallest absolute Gasteiger partial charge is 0.251 e. The minimum atomic E-state index is -0.294. The second-order valence-electron chi connectivity index (χ2n) is 6.71. The van der Waals surface area contributed by atoms with Crippen molar-refractivity contribution in [3.63, 3.8) is 0 Å². The number of likely N-dealkylation sites (tertiary alicyclic amines) is 1. The van der Waals surface area contributed by atoms with Crippen molar-refractivity contribution in [2.75, 3.05) is 26.4 Å². The zero-order valence-corrected chi connectivity index (χ0v) is 14.6. The van der Waals surface area contributed by atoms with E-state index in [4.69, 9.17) is 15.2 Å². The fourth-order valence-electron chi connectivity index (χ4n) is 3.92. The number of rotatable bonds is 3. The molecule has 2 aliphatic heterocycles. The number of hydrogen-bond acceptors (Lipinski definition) is 5. The summed E-state index contributed by atoms with van der Waals surface area (Å²) < 4.78 is 10.5. The van der Waals surface area contributed by atoms with Crippen molar-refractivity contribution < 1.29 is 19.1 Å². The lowest BCUT2D eigenvalue weighted by Crippen LogP contribution is -2.40. The number of nitrogens with zero attached hydrogens (tertiary/aromatic N) is 1. The van der Waals surface area contributed by atoms with Gasteiger partial charge in [-0.1, -0.05) is 0 Å². The van der Waals surface area contributed by atoms with Crippen molar-refractivity contribution in [2.24, 2.45) is 17.6 Å². The van der Waals surface area contributed by atoms with Crippen LogP contribution in [0, 0.1) is 11.8 Å². The minimum absolute atomic E-state index is 0. The molecule has 0 bridgehead atoms. The molecule has 3 atom stereocenters. The highest BCUT2D eigenvalue weighted by Crippen LogP contribution is 2.37. The molecule has 2 fully saturated rings. The Hall–Kier alpha value is -1.99. The first-order chi connectivity index (χ1) is 11.6. The predicted octanol–water partition coefficient (Wildman–Crippen LogP) is 0.763. The molecule has 2 amide bonds. The molecule has 0 spiro atoms. The molecule has 1 aromatic rings. The molecule has 1 saturated carbocycles. The Morgan fingerprint density at radius 1 is 1.20 bits per heavy atom. The van der Waals surface area contributed by atoms with Gasteiger partial charge in [-0.2, -0.15) is 0 Å². The Morgan fingerprint density at radius 3 is 2.80 bits per heavy atom. The molecular formula is C17H22ClN3O4. The molecule has 4 rings (SSSR count). The molecule has 8 heteroatoms. The summed E-state index contributed by atoms with van der Waals surface area (Å²) in [4.78, 5) is 26.4. The monoisotopic (exact) mass is 367 g/mol. The molecule has 7 nitrogen and oxygen atoms in total. The number of carbonyl (C=O) groups excluding carboxylic acids is 2. The van der Waals surface area contributed by atoms with Gasteiger partial charge in [0.15, 0.2) is 11.5 Å². The van der Waals surface area contributed by atoms with Crippen LogP contribution in [0.15, 0.2) is 18.2 Å². The lowest BCUT2D eigenvalue weighted by atomic mass is 9.98. The van der Waals surface area contributed by atoms with Crippen molar-refractivity contribution in [3.05, 3.63) is 23.8 Å². The van der Waals surface area contributed by atoms with Crippen LogP contribution in [0.1, 0.15) is 23.2 Å². The van der Waals surface area contributed by atoms with Gasteiger partial charge in [0.05, 0.1) is 6.54 Å². The van der Waals surface area contributed by atoms with Gasteiger partial charge >= 0.3 is 0 Å². The van der Waals surface area contributed by atoms with E-state index in [-0.39, 0.29) is 43.6 Å². The molecule has 1 aromatic carbocycles. The molecule has 0 aromatic heterocycles. The minimum Gasteiger partial charge on any atom is -0.454 e. The normalized spacial score (nSPS) is 26.1. The Balaban J connectivity index is 0.00000182. The molecular weight excluding hydrogens is 346 g/mol. The van der Waals surface area contributed by atoms with Gasteiger partial charge in [0.25, 0.3) is 5.91 Å². The van der Waals surface area contributed by atoms with Crippen LogP contribution in [0.2, 0.25) is 0 Å². The average molecular weight is 368 g/mol. The number of hydrogen-bond donors (Lipinski definition) is 2. The van der Waals surface area contributed by atoms with Crippen LogP contribution in [0.5, 0.6) is 11.5 Å². The van der Waals surface area contributed by atoms with E-state index in [1.165, 1.54) is 0 Å². The molecule has 1 aliphatic carbocycles. The number of amides is 2. The van der Waals surface area contributed by atoms with Crippen LogP contribution in [-0.4, -0.2) is 49.2 Å². The summed E-state index contributed by atoms with van der Waals surface area (Å²) >= 11 is 0. The van der Waals surface area contributed by atoms with E-state index in [2.05, 4.69) is 5.32 Å². The fraction of sp³-hybridized carbons (Fsp3) is 0.529. The molecule has 1 saturated heterocycles. The van der Waals surface area contributed by atoms with Gasteiger partial charge in [-0.3, -0.25) is 9.59 Å². The van der Waals surface area contributed by atoms with Crippen molar-refractivity contribution in [1.29, 1.82) is 0 Å². The summed E-state index contributed by atoms with van der Waals surface area (Å²) in [6, 6.07) is 5.19. The number of benzene rings is 1. The van der Waals surface area contributed by atoms with Gasteiger partial charge in [0, 0.05) is 24.7 Å². The zero-order chi connectivity index (χ0) is 16.7. The third kappa shape index (κ3) is 3.39. The summed E-state index contributed by atoms with van der Waals surface area (Å²) in [6.07, 6.45) is 2.15. The largest absolute Gasteiger partial charge is 0.454 e. The maximum atomic E-state index is 12.3. The molecule has 3 N–H and O–H groups in total. The third-order valence-electron chi connectivity index (χ3n) is 5.30. The Morgan fingerprint density at radius 2 is 2.00 bits per heavy atom. The number of fused-ring (bicyclic) bond motifs is 2. The van der Waals surface area contributed by atoms with E-state index in [0.29, 0.717) is 35.4 Å². The van der Waals surface area contributed by atoms with Crippen LogP contribution in [0.4, 0.5) is 0 Å². The maximum Gasteiger partial charge on any atom is 0.251 e. The first-order valence-electron chi connectivity index (χ1n) is 8.33. The molecule has 136 valence electrons. The quantitative estimate of drug-likeness (QED) is 0.822. The SMILES string of the molecule is Cl.NC1CCC2CN(C(=O)CNC(=O)c3ccc4c(c3)OCO4)CC12. The maximum absolute atomic E-state index is 12.3. The lowest BCUT2D eigenvalue weighted by Gasteiger charge is -2.19. The topological polar surface area (TPSA) is 93.9 Å². The highest BCUT2D eigenvalue weighted by atomic mass is 35.5. The van der Waals surface area contributed by atoms with E-state index in [1.54, 1.807) is 18.2 Å². The number of halogens is 1. The van der Waals surface area contributed by atoms with E-state index in [9.17, 15) is 9.59 Å². The standard InChI is InChI=1S/C17H21N3O4.ClH/c18-13-3-1-11-7-20(8-12(11)13)16(21)6-19-17(22)10-2-4-14-15(5-10)24-9-23-14;/h2,4-5,11-13H,1,3,6-9,18H2,(H,19,22);1H. The van der Waals surface area contributed by atoms with Crippen LogP contribution in [0.3, 0.4) is 0 Å². The first kappa shape index (κ1) is 17.8. The van der Waals surface area contributed by atoms with Gasteiger partial charge in [0.2, 0.25) is 12.7 Å². The van der Waals surface area contributed by atoms with Gasteiger partial charge in [-0.15, -0.1) is 12.4 Å². The fourth-order valence-corrected chi connectivity index (χ4v) is 3.92. The van der Waals surface area contributed by atoms with Gasteiger partial charge in [0.1, 0.15) is 0 Å². The summed E-state index contributed by atoms with van der Waals surface area (Å²) in [6.45, 7) is 1.64. The number of nitrogens with one attached hydrogen (secondary N) is 1. The van der Waals surface area contributed by atoms with E-state index < -0.39 is 0 Å². The predicted molar refractivity (Wildman–Crippen MR) is 92.9 cm³/mol. The Labute approximate surface area is 152 Å². The molecule has 25 heavy (non-hydrogen) atoms. The highest BCUT2D eigenvalue weighted by molar-refractivity contribution is 5.97. The van der Waals surface area contributed by atoms with Crippen molar-refractivity contribution in [2.45, 2.75) is 18.9 Å². The van der Waals surface area contributed by atoms with Crippen LogP contribution in [0.25, 0.3) is 0 Å².